The molecule has 0 aliphatic carbocycles. The maximum absolute atomic E-state index is 4.47. The van der Waals surface area contributed by atoms with E-state index in [9.17, 15) is 0 Å². The molecule has 2 aliphatic heterocycles. The number of nitrogens with one attached hydrogen (secondary N) is 2. The van der Waals surface area contributed by atoms with Gasteiger partial charge in [-0.1, -0.05) is 13.0 Å². The van der Waals surface area contributed by atoms with Crippen molar-refractivity contribution in [2.45, 2.75) is 45.1 Å². The second-order valence-electron chi connectivity index (χ2n) is 7.89. The zero-order valence-corrected chi connectivity index (χ0v) is 20.7. The Morgan fingerprint density at radius 3 is 2.57 bits per heavy atom. The zero-order valence-electron chi connectivity index (χ0n) is 17.5. The van der Waals surface area contributed by atoms with Gasteiger partial charge < -0.3 is 15.5 Å². The fraction of sp³-hybridized carbons (Fsp3) is 0.762. The van der Waals surface area contributed by atoms with Crippen molar-refractivity contribution in [2.75, 3.05) is 52.9 Å². The van der Waals surface area contributed by atoms with E-state index in [0.29, 0.717) is 6.04 Å². The molecule has 7 heteroatoms. The van der Waals surface area contributed by atoms with E-state index in [1.165, 1.54) is 69.7 Å². The van der Waals surface area contributed by atoms with E-state index in [4.69, 9.17) is 0 Å². The topological polar surface area (TPSA) is 42.9 Å². The molecule has 0 spiro atoms. The Hall–Kier alpha value is -0.380. The molecule has 1 aromatic rings. The van der Waals surface area contributed by atoms with Crippen molar-refractivity contribution in [1.82, 2.24) is 20.4 Å². The SMILES string of the molecule is CCCN1CCC(CNC(=NC)NCC(c2cccs2)N2CCCC2)CC1.I. The largest absolute Gasteiger partial charge is 0.356 e. The highest BCUT2D eigenvalue weighted by molar-refractivity contribution is 14.0. The summed E-state index contributed by atoms with van der Waals surface area (Å²) in [5.74, 6) is 1.72. The number of likely N-dealkylation sites (tertiary alicyclic amines) is 2. The van der Waals surface area contributed by atoms with Crippen LogP contribution in [0.15, 0.2) is 22.5 Å². The Balaban J connectivity index is 0.00000280. The predicted molar refractivity (Wildman–Crippen MR) is 132 cm³/mol. The van der Waals surface area contributed by atoms with E-state index in [2.05, 4.69) is 49.9 Å². The molecule has 1 aromatic heterocycles. The van der Waals surface area contributed by atoms with Crippen molar-refractivity contribution in [3.8, 4) is 0 Å². The number of rotatable bonds is 8. The van der Waals surface area contributed by atoms with Crippen molar-refractivity contribution < 1.29 is 0 Å². The van der Waals surface area contributed by atoms with Gasteiger partial charge in [0.15, 0.2) is 5.96 Å². The number of halogens is 1. The van der Waals surface area contributed by atoms with Crippen LogP contribution in [0.5, 0.6) is 0 Å². The molecule has 0 amide bonds. The molecule has 3 heterocycles. The highest BCUT2D eigenvalue weighted by Gasteiger charge is 2.24. The minimum Gasteiger partial charge on any atom is -0.356 e. The number of piperidine rings is 1. The molecule has 0 aromatic carbocycles. The summed E-state index contributed by atoms with van der Waals surface area (Å²) in [5, 5.41) is 9.37. The Bertz CT molecular complexity index is 551. The Labute approximate surface area is 192 Å². The van der Waals surface area contributed by atoms with Gasteiger partial charge in [-0.15, -0.1) is 35.3 Å². The first-order valence-electron chi connectivity index (χ1n) is 10.7. The first-order valence-corrected chi connectivity index (χ1v) is 11.6. The van der Waals surface area contributed by atoms with Crippen molar-refractivity contribution >= 4 is 41.3 Å². The molecule has 2 N–H and O–H groups in total. The lowest BCUT2D eigenvalue weighted by molar-refractivity contribution is 0.185. The van der Waals surface area contributed by atoms with Gasteiger partial charge in [0.05, 0.1) is 6.04 Å². The third kappa shape index (κ3) is 7.15. The molecule has 2 saturated heterocycles. The average Bonchev–Trinajstić information content (AvgIpc) is 3.40. The van der Waals surface area contributed by atoms with Gasteiger partial charge in [0.2, 0.25) is 0 Å². The van der Waals surface area contributed by atoms with E-state index >= 15 is 0 Å². The van der Waals surface area contributed by atoms with Gasteiger partial charge in [-0.3, -0.25) is 9.89 Å². The summed E-state index contributed by atoms with van der Waals surface area (Å²) < 4.78 is 0. The summed E-state index contributed by atoms with van der Waals surface area (Å²) in [7, 11) is 1.88. The molecule has 0 radical (unpaired) electrons. The smallest absolute Gasteiger partial charge is 0.191 e. The minimum atomic E-state index is 0. The lowest BCUT2D eigenvalue weighted by Crippen LogP contribution is -2.45. The Kier molecular flexibility index (Phi) is 11.1. The second kappa shape index (κ2) is 13.0. The molecule has 3 rings (SSSR count). The number of hydrogen-bond donors (Lipinski definition) is 2. The van der Waals surface area contributed by atoms with Gasteiger partial charge >= 0.3 is 0 Å². The minimum absolute atomic E-state index is 0. The fourth-order valence-electron chi connectivity index (χ4n) is 4.33. The molecule has 28 heavy (non-hydrogen) atoms. The average molecular weight is 520 g/mol. The molecule has 1 atom stereocenters. The van der Waals surface area contributed by atoms with Crippen LogP contribution in [0.2, 0.25) is 0 Å². The van der Waals surface area contributed by atoms with Gasteiger partial charge in [0.25, 0.3) is 0 Å². The van der Waals surface area contributed by atoms with Gasteiger partial charge in [-0.25, -0.2) is 0 Å². The van der Waals surface area contributed by atoms with Crippen LogP contribution < -0.4 is 10.6 Å². The number of thiophene rings is 1. The normalized spacial score (nSPS) is 20.7. The molecule has 2 fully saturated rings. The fourth-order valence-corrected chi connectivity index (χ4v) is 5.19. The summed E-state index contributed by atoms with van der Waals surface area (Å²) in [6.07, 6.45) is 6.52. The highest BCUT2D eigenvalue weighted by Crippen LogP contribution is 2.27. The van der Waals surface area contributed by atoms with Gasteiger partial charge in [0, 0.05) is 25.0 Å². The number of aliphatic imine (C=N–C) groups is 1. The van der Waals surface area contributed by atoms with Crippen LogP contribution in [0.1, 0.15) is 49.9 Å². The second-order valence-corrected chi connectivity index (χ2v) is 8.87. The van der Waals surface area contributed by atoms with Crippen LogP contribution in [0.4, 0.5) is 0 Å². The standard InChI is InChI=1S/C21H37N5S.HI/c1-3-10-25-13-8-18(9-14-25)16-23-21(22-2)24-17-19(20-7-6-15-27-20)26-11-4-5-12-26;/h6-7,15,18-19H,3-5,8-14,16-17H2,1-2H3,(H2,22,23,24);1H. The monoisotopic (exact) mass is 519 g/mol. The summed E-state index contributed by atoms with van der Waals surface area (Å²) in [5.41, 5.74) is 0. The van der Waals surface area contributed by atoms with E-state index in [-0.39, 0.29) is 24.0 Å². The first-order chi connectivity index (χ1) is 13.3. The first kappa shape index (κ1) is 23.9. The van der Waals surface area contributed by atoms with E-state index in [1.54, 1.807) is 0 Å². The lowest BCUT2D eigenvalue weighted by atomic mass is 9.97. The Morgan fingerprint density at radius 1 is 1.21 bits per heavy atom. The number of guanidine groups is 1. The van der Waals surface area contributed by atoms with E-state index < -0.39 is 0 Å². The molecule has 160 valence electrons. The van der Waals surface area contributed by atoms with Crippen molar-refractivity contribution in [3.63, 3.8) is 0 Å². The summed E-state index contributed by atoms with van der Waals surface area (Å²) in [4.78, 5) is 11.1. The number of hydrogen-bond acceptors (Lipinski definition) is 4. The quantitative estimate of drug-likeness (QED) is 0.312. The molecule has 2 aliphatic rings. The summed E-state index contributed by atoms with van der Waals surface area (Å²) in [6.45, 7) is 10.4. The van der Waals surface area contributed by atoms with Crippen LogP contribution in [-0.4, -0.2) is 68.6 Å². The van der Waals surface area contributed by atoms with Gasteiger partial charge in [-0.2, -0.15) is 0 Å². The molecular weight excluding hydrogens is 481 g/mol. The van der Waals surface area contributed by atoms with Crippen LogP contribution in [0.3, 0.4) is 0 Å². The van der Waals surface area contributed by atoms with E-state index in [1.807, 2.05) is 18.4 Å². The molecular formula is C21H38IN5S. The van der Waals surface area contributed by atoms with Crippen LogP contribution in [0.25, 0.3) is 0 Å². The molecule has 1 unspecified atom stereocenters. The van der Waals surface area contributed by atoms with Crippen LogP contribution in [-0.2, 0) is 0 Å². The van der Waals surface area contributed by atoms with Crippen LogP contribution >= 0.6 is 35.3 Å². The zero-order chi connectivity index (χ0) is 18.9. The number of nitrogens with zero attached hydrogens (tertiary/aromatic N) is 3. The van der Waals surface area contributed by atoms with Crippen LogP contribution in [0, 0.1) is 5.92 Å². The van der Waals surface area contributed by atoms with Gasteiger partial charge in [-0.05, 0) is 82.2 Å². The van der Waals surface area contributed by atoms with Crippen molar-refractivity contribution in [3.05, 3.63) is 22.4 Å². The summed E-state index contributed by atoms with van der Waals surface area (Å²) >= 11 is 1.87. The van der Waals surface area contributed by atoms with Crippen molar-refractivity contribution in [2.24, 2.45) is 10.9 Å². The maximum Gasteiger partial charge on any atom is 0.191 e. The predicted octanol–water partition coefficient (Wildman–Crippen LogP) is 3.79. The lowest BCUT2D eigenvalue weighted by Gasteiger charge is -2.32. The molecule has 0 saturated carbocycles. The Morgan fingerprint density at radius 2 is 1.96 bits per heavy atom. The maximum atomic E-state index is 4.47. The van der Waals surface area contributed by atoms with E-state index in [0.717, 1.165) is 25.0 Å². The molecule has 0 bridgehead atoms. The highest BCUT2D eigenvalue weighted by atomic mass is 127. The molecule has 5 nitrogen and oxygen atoms in total. The third-order valence-corrected chi connectivity index (χ3v) is 6.92. The van der Waals surface area contributed by atoms with Gasteiger partial charge in [0.1, 0.15) is 0 Å². The third-order valence-electron chi connectivity index (χ3n) is 5.94. The summed E-state index contributed by atoms with van der Waals surface area (Å²) in [6, 6.07) is 4.90. The van der Waals surface area contributed by atoms with Crippen molar-refractivity contribution in [1.29, 1.82) is 0 Å².